The number of hydrogen-bond acceptors (Lipinski definition) is 6. The SMILES string of the molecule is O=C(CSc1nnc(COc2ccc(Cl)cc2)n1Cc1ccco1)Nc1cccc2ccccc12. The van der Waals surface area contributed by atoms with Crippen LogP contribution >= 0.6 is 23.4 Å². The van der Waals surface area contributed by atoms with Crippen molar-refractivity contribution in [3.8, 4) is 5.75 Å². The maximum atomic E-state index is 12.8. The van der Waals surface area contributed by atoms with E-state index in [1.54, 1.807) is 30.5 Å². The van der Waals surface area contributed by atoms with Crippen LogP contribution in [-0.2, 0) is 17.9 Å². The van der Waals surface area contributed by atoms with Crippen LogP contribution in [0.5, 0.6) is 5.75 Å². The second-order valence-electron chi connectivity index (χ2n) is 7.67. The number of anilines is 1. The number of benzene rings is 3. The lowest BCUT2D eigenvalue weighted by Gasteiger charge is -2.11. The minimum Gasteiger partial charge on any atom is -0.486 e. The van der Waals surface area contributed by atoms with Crippen LogP contribution in [0.3, 0.4) is 0 Å². The summed E-state index contributed by atoms with van der Waals surface area (Å²) in [4.78, 5) is 12.8. The van der Waals surface area contributed by atoms with Gasteiger partial charge in [0.25, 0.3) is 0 Å². The van der Waals surface area contributed by atoms with Gasteiger partial charge in [-0.25, -0.2) is 0 Å². The molecule has 7 nitrogen and oxygen atoms in total. The Bertz CT molecular complexity index is 1430. The third-order valence-electron chi connectivity index (χ3n) is 5.27. The molecule has 176 valence electrons. The van der Waals surface area contributed by atoms with Gasteiger partial charge in [0.1, 0.15) is 18.1 Å². The predicted octanol–water partition coefficient (Wildman–Crippen LogP) is 6.04. The lowest BCUT2D eigenvalue weighted by atomic mass is 10.1. The van der Waals surface area contributed by atoms with Crippen LogP contribution in [0.25, 0.3) is 10.8 Å². The smallest absolute Gasteiger partial charge is 0.234 e. The summed E-state index contributed by atoms with van der Waals surface area (Å²) in [7, 11) is 0. The number of ether oxygens (including phenoxy) is 1. The van der Waals surface area contributed by atoms with Crippen LogP contribution in [0.2, 0.25) is 5.02 Å². The number of amides is 1. The summed E-state index contributed by atoms with van der Waals surface area (Å²) in [5.41, 5.74) is 0.780. The third kappa shape index (κ3) is 5.67. The first-order valence-corrected chi connectivity index (χ1v) is 12.3. The highest BCUT2D eigenvalue weighted by Crippen LogP contribution is 2.25. The molecule has 2 heterocycles. The molecule has 0 aliphatic heterocycles. The zero-order valence-electron chi connectivity index (χ0n) is 18.6. The van der Waals surface area contributed by atoms with Gasteiger partial charge in [-0.05, 0) is 47.9 Å². The van der Waals surface area contributed by atoms with Gasteiger partial charge in [0, 0.05) is 16.1 Å². The minimum atomic E-state index is -0.127. The number of carbonyl (C=O) groups is 1. The standard InChI is InChI=1S/C26H21ClN4O3S/c27-19-10-12-20(13-11-19)34-16-24-29-30-26(31(24)15-21-7-4-14-33-21)35-17-25(32)28-23-9-3-6-18-5-1-2-8-22(18)23/h1-14H,15-17H2,(H,28,32). The van der Waals surface area contributed by atoms with E-state index in [2.05, 4.69) is 15.5 Å². The summed E-state index contributed by atoms with van der Waals surface area (Å²) < 4.78 is 13.3. The fraction of sp³-hybridized carbons (Fsp3) is 0.115. The third-order valence-corrected chi connectivity index (χ3v) is 6.48. The largest absolute Gasteiger partial charge is 0.486 e. The molecule has 3 aromatic carbocycles. The van der Waals surface area contributed by atoms with Gasteiger partial charge in [0.15, 0.2) is 11.0 Å². The average Bonchev–Trinajstić information content (AvgIpc) is 3.53. The molecule has 0 aliphatic carbocycles. The molecule has 0 atom stereocenters. The summed E-state index contributed by atoms with van der Waals surface area (Å²) in [6, 6.07) is 24.6. The van der Waals surface area contributed by atoms with E-state index in [-0.39, 0.29) is 18.3 Å². The normalized spacial score (nSPS) is 11.0. The van der Waals surface area contributed by atoms with Crippen LogP contribution in [0.1, 0.15) is 11.6 Å². The molecule has 0 unspecified atom stereocenters. The summed E-state index contributed by atoms with van der Waals surface area (Å²) in [5.74, 6) is 2.09. The molecule has 0 saturated heterocycles. The number of halogens is 1. The number of nitrogens with zero attached hydrogens (tertiary/aromatic N) is 3. The number of rotatable bonds is 9. The van der Waals surface area contributed by atoms with E-state index in [0.717, 1.165) is 22.2 Å². The first kappa shape index (κ1) is 23.0. The van der Waals surface area contributed by atoms with Crippen LogP contribution in [0, 0.1) is 0 Å². The second kappa shape index (κ2) is 10.7. The van der Waals surface area contributed by atoms with Gasteiger partial charge in [-0.15, -0.1) is 10.2 Å². The van der Waals surface area contributed by atoms with Gasteiger partial charge >= 0.3 is 0 Å². The highest BCUT2D eigenvalue weighted by Gasteiger charge is 2.17. The van der Waals surface area contributed by atoms with Crippen molar-refractivity contribution < 1.29 is 13.9 Å². The molecule has 0 radical (unpaired) electrons. The lowest BCUT2D eigenvalue weighted by molar-refractivity contribution is -0.113. The maximum absolute atomic E-state index is 12.8. The highest BCUT2D eigenvalue weighted by molar-refractivity contribution is 7.99. The van der Waals surface area contributed by atoms with E-state index < -0.39 is 0 Å². The lowest BCUT2D eigenvalue weighted by Crippen LogP contribution is -2.15. The zero-order valence-corrected chi connectivity index (χ0v) is 20.1. The molecule has 2 aromatic heterocycles. The predicted molar refractivity (Wildman–Crippen MR) is 137 cm³/mol. The molecule has 5 aromatic rings. The van der Waals surface area contributed by atoms with E-state index in [9.17, 15) is 4.79 Å². The van der Waals surface area contributed by atoms with Gasteiger partial charge in [-0.3, -0.25) is 9.36 Å². The monoisotopic (exact) mass is 504 g/mol. The maximum Gasteiger partial charge on any atom is 0.234 e. The van der Waals surface area contributed by atoms with E-state index >= 15 is 0 Å². The Balaban J connectivity index is 1.29. The fourth-order valence-electron chi connectivity index (χ4n) is 3.58. The zero-order chi connectivity index (χ0) is 24.0. The minimum absolute atomic E-state index is 0.127. The van der Waals surface area contributed by atoms with Crippen molar-refractivity contribution in [3.05, 3.63) is 102 Å². The molecule has 35 heavy (non-hydrogen) atoms. The molecule has 5 rings (SSSR count). The summed E-state index contributed by atoms with van der Waals surface area (Å²) in [6.07, 6.45) is 1.62. The second-order valence-corrected chi connectivity index (χ2v) is 9.05. The number of hydrogen-bond donors (Lipinski definition) is 1. The molecule has 1 N–H and O–H groups in total. The molecule has 0 fully saturated rings. The quantitative estimate of drug-likeness (QED) is 0.246. The summed E-state index contributed by atoms with van der Waals surface area (Å²) >= 11 is 7.26. The Labute approximate surface area is 211 Å². The summed E-state index contributed by atoms with van der Waals surface area (Å²) in [5, 5.41) is 14.9. The van der Waals surface area contributed by atoms with E-state index in [0.29, 0.717) is 28.3 Å². The number of furan rings is 1. The van der Waals surface area contributed by atoms with E-state index in [1.807, 2.05) is 59.2 Å². The van der Waals surface area contributed by atoms with Gasteiger partial charge in [-0.1, -0.05) is 59.8 Å². The van der Waals surface area contributed by atoms with Crippen molar-refractivity contribution in [2.75, 3.05) is 11.1 Å². The number of fused-ring (bicyclic) bond motifs is 1. The molecular formula is C26H21ClN4O3S. The summed E-state index contributed by atoms with van der Waals surface area (Å²) in [6.45, 7) is 0.630. The molecule has 1 amide bonds. The molecule has 0 aliphatic rings. The first-order chi connectivity index (χ1) is 17.2. The van der Waals surface area contributed by atoms with Crippen LogP contribution in [0.4, 0.5) is 5.69 Å². The molecule has 0 saturated carbocycles. The molecule has 0 spiro atoms. The Morgan fingerprint density at radius 2 is 1.83 bits per heavy atom. The van der Waals surface area contributed by atoms with Crippen LogP contribution < -0.4 is 10.1 Å². The fourth-order valence-corrected chi connectivity index (χ4v) is 4.46. The van der Waals surface area contributed by atoms with Crippen molar-refractivity contribution in [2.45, 2.75) is 18.3 Å². The Hall–Kier alpha value is -3.75. The first-order valence-electron chi connectivity index (χ1n) is 10.9. The van der Waals surface area contributed by atoms with Crippen molar-refractivity contribution in [2.24, 2.45) is 0 Å². The van der Waals surface area contributed by atoms with Crippen molar-refractivity contribution in [3.63, 3.8) is 0 Å². The number of carbonyl (C=O) groups excluding carboxylic acids is 1. The van der Waals surface area contributed by atoms with Crippen molar-refractivity contribution in [1.82, 2.24) is 14.8 Å². The number of thioether (sulfide) groups is 1. The van der Waals surface area contributed by atoms with Crippen molar-refractivity contribution in [1.29, 1.82) is 0 Å². The highest BCUT2D eigenvalue weighted by atomic mass is 35.5. The number of nitrogens with one attached hydrogen (secondary N) is 1. The van der Waals surface area contributed by atoms with E-state index in [1.165, 1.54) is 11.8 Å². The van der Waals surface area contributed by atoms with Crippen molar-refractivity contribution >= 4 is 45.7 Å². The average molecular weight is 505 g/mol. The Morgan fingerprint density at radius 1 is 1.00 bits per heavy atom. The van der Waals surface area contributed by atoms with Gasteiger partial charge < -0.3 is 14.5 Å². The van der Waals surface area contributed by atoms with Gasteiger partial charge in [-0.2, -0.15) is 0 Å². The van der Waals surface area contributed by atoms with Gasteiger partial charge in [0.2, 0.25) is 5.91 Å². The molecule has 0 bridgehead atoms. The van der Waals surface area contributed by atoms with Crippen LogP contribution in [0.15, 0.2) is 94.7 Å². The topological polar surface area (TPSA) is 82.2 Å². The van der Waals surface area contributed by atoms with E-state index in [4.69, 9.17) is 20.8 Å². The van der Waals surface area contributed by atoms with Crippen LogP contribution in [-0.4, -0.2) is 26.4 Å². The number of aromatic nitrogens is 3. The Morgan fingerprint density at radius 3 is 2.66 bits per heavy atom. The molecule has 9 heteroatoms. The Kier molecular flexibility index (Phi) is 7.02. The van der Waals surface area contributed by atoms with Gasteiger partial charge in [0.05, 0.1) is 18.6 Å². The molecular weight excluding hydrogens is 484 g/mol.